The molecule has 1 aromatic heterocycles. The summed E-state index contributed by atoms with van der Waals surface area (Å²) in [5.74, 6) is 0.987. The molecule has 1 aromatic carbocycles. The van der Waals surface area contributed by atoms with Crippen LogP contribution >= 0.6 is 0 Å². The lowest BCUT2D eigenvalue weighted by Gasteiger charge is -2.26. The summed E-state index contributed by atoms with van der Waals surface area (Å²) < 4.78 is 15.5. The lowest BCUT2D eigenvalue weighted by atomic mass is 10.0. The highest BCUT2D eigenvalue weighted by atomic mass is 16.7. The number of aromatic amines is 1. The summed E-state index contributed by atoms with van der Waals surface area (Å²) in [6.07, 6.45) is 0.632. The van der Waals surface area contributed by atoms with Crippen molar-refractivity contribution in [1.82, 2.24) is 20.4 Å². The summed E-state index contributed by atoms with van der Waals surface area (Å²) in [5, 5.41) is 9.94. The van der Waals surface area contributed by atoms with Gasteiger partial charge in [0, 0.05) is 44.4 Å². The Morgan fingerprint density at radius 3 is 3.04 bits per heavy atom. The Morgan fingerprint density at radius 2 is 2.19 bits per heavy atom. The number of ether oxygens (including phenoxy) is 3. The highest BCUT2D eigenvalue weighted by Gasteiger charge is 2.27. The number of nitrogens with zero attached hydrogens (tertiary/aromatic N) is 2. The monoisotopic (exact) mass is 372 g/mol. The van der Waals surface area contributed by atoms with Gasteiger partial charge < -0.3 is 24.4 Å². The molecule has 0 bridgehead atoms. The van der Waals surface area contributed by atoms with E-state index in [0.717, 1.165) is 16.8 Å². The van der Waals surface area contributed by atoms with Crippen LogP contribution in [-0.4, -0.2) is 54.0 Å². The van der Waals surface area contributed by atoms with E-state index in [1.165, 1.54) is 7.11 Å². The molecule has 0 atom stereocenters. The molecule has 2 aliphatic rings. The third-order valence-electron chi connectivity index (χ3n) is 4.66. The smallest absolute Gasteiger partial charge is 0.272 e. The number of amides is 2. The van der Waals surface area contributed by atoms with Crippen molar-refractivity contribution in [3.63, 3.8) is 0 Å². The number of carbonyl (C=O) groups excluding carboxylic acids is 2. The third-order valence-corrected chi connectivity index (χ3v) is 4.66. The molecule has 0 fully saturated rings. The number of hydrogen-bond donors (Lipinski definition) is 2. The maximum absolute atomic E-state index is 12.6. The van der Waals surface area contributed by atoms with Crippen LogP contribution in [0.3, 0.4) is 0 Å². The van der Waals surface area contributed by atoms with Crippen molar-refractivity contribution < 1.29 is 23.8 Å². The van der Waals surface area contributed by atoms with Gasteiger partial charge in [-0.1, -0.05) is 6.07 Å². The van der Waals surface area contributed by atoms with Gasteiger partial charge in [-0.05, 0) is 17.7 Å². The number of methoxy groups -OCH3 is 1. The fourth-order valence-electron chi connectivity index (χ4n) is 3.23. The quantitative estimate of drug-likeness (QED) is 0.796. The Hall–Kier alpha value is -3.07. The van der Waals surface area contributed by atoms with Crippen LogP contribution in [0.5, 0.6) is 11.5 Å². The molecule has 0 unspecified atom stereocenters. The summed E-state index contributed by atoms with van der Waals surface area (Å²) in [6.45, 7) is 1.50. The SMILES string of the molecule is COCC(=O)N1CCc2[nH]nc(C(=O)NCc3ccc4c(c3)OCO4)c2C1. The number of rotatable bonds is 5. The number of H-pyrrole nitrogens is 1. The zero-order chi connectivity index (χ0) is 18.8. The van der Waals surface area contributed by atoms with E-state index in [4.69, 9.17) is 14.2 Å². The molecule has 27 heavy (non-hydrogen) atoms. The van der Waals surface area contributed by atoms with E-state index in [1.54, 1.807) is 4.90 Å². The Kier molecular flexibility index (Phi) is 4.68. The summed E-state index contributed by atoms with van der Waals surface area (Å²) in [7, 11) is 1.49. The van der Waals surface area contributed by atoms with Crippen molar-refractivity contribution in [2.75, 3.05) is 27.1 Å². The molecule has 2 aliphatic heterocycles. The fraction of sp³-hybridized carbons (Fsp3) is 0.389. The van der Waals surface area contributed by atoms with Gasteiger partial charge >= 0.3 is 0 Å². The van der Waals surface area contributed by atoms with Crippen molar-refractivity contribution in [1.29, 1.82) is 0 Å². The lowest BCUT2D eigenvalue weighted by Crippen LogP contribution is -2.38. The average Bonchev–Trinajstić information content (AvgIpc) is 3.32. The van der Waals surface area contributed by atoms with E-state index < -0.39 is 0 Å². The first-order chi connectivity index (χ1) is 13.2. The highest BCUT2D eigenvalue weighted by Crippen LogP contribution is 2.32. The Bertz CT molecular complexity index is 879. The first-order valence-electron chi connectivity index (χ1n) is 8.65. The average molecular weight is 372 g/mol. The third kappa shape index (κ3) is 3.45. The van der Waals surface area contributed by atoms with Crippen molar-refractivity contribution in [2.24, 2.45) is 0 Å². The Balaban J connectivity index is 1.43. The van der Waals surface area contributed by atoms with E-state index in [2.05, 4.69) is 15.5 Å². The van der Waals surface area contributed by atoms with Gasteiger partial charge in [0.05, 0.1) is 0 Å². The van der Waals surface area contributed by atoms with Gasteiger partial charge in [0.25, 0.3) is 5.91 Å². The van der Waals surface area contributed by atoms with Crippen LogP contribution < -0.4 is 14.8 Å². The first kappa shape index (κ1) is 17.3. The van der Waals surface area contributed by atoms with Crippen molar-refractivity contribution in [3.05, 3.63) is 40.7 Å². The number of benzene rings is 1. The molecule has 2 aromatic rings. The van der Waals surface area contributed by atoms with E-state index in [0.29, 0.717) is 43.2 Å². The van der Waals surface area contributed by atoms with Crippen LogP contribution in [0.1, 0.15) is 27.3 Å². The van der Waals surface area contributed by atoms with Crippen molar-refractivity contribution in [3.8, 4) is 11.5 Å². The molecule has 2 amide bonds. The lowest BCUT2D eigenvalue weighted by molar-refractivity contribution is -0.136. The molecular formula is C18H20N4O5. The molecule has 0 saturated heterocycles. The number of carbonyl (C=O) groups is 2. The van der Waals surface area contributed by atoms with Crippen LogP contribution in [0.25, 0.3) is 0 Å². The van der Waals surface area contributed by atoms with Crippen LogP contribution in [0.15, 0.2) is 18.2 Å². The second kappa shape index (κ2) is 7.28. The molecule has 0 saturated carbocycles. The summed E-state index contributed by atoms with van der Waals surface area (Å²) >= 11 is 0. The summed E-state index contributed by atoms with van der Waals surface area (Å²) in [5.41, 5.74) is 2.87. The van der Waals surface area contributed by atoms with Gasteiger partial charge in [-0.15, -0.1) is 0 Å². The number of hydrogen-bond acceptors (Lipinski definition) is 6. The van der Waals surface area contributed by atoms with Crippen LogP contribution in [0, 0.1) is 0 Å². The number of nitrogens with one attached hydrogen (secondary N) is 2. The van der Waals surface area contributed by atoms with E-state index >= 15 is 0 Å². The standard InChI is InChI=1S/C18H20N4O5/c1-25-9-16(23)22-5-4-13-12(8-22)17(21-20-13)18(24)19-7-11-2-3-14-15(6-11)27-10-26-14/h2-3,6H,4-5,7-10H2,1H3,(H,19,24)(H,20,21). The Morgan fingerprint density at radius 1 is 1.33 bits per heavy atom. The minimum atomic E-state index is -0.286. The minimum Gasteiger partial charge on any atom is -0.454 e. The largest absolute Gasteiger partial charge is 0.454 e. The maximum Gasteiger partial charge on any atom is 0.272 e. The first-order valence-corrected chi connectivity index (χ1v) is 8.65. The summed E-state index contributed by atoms with van der Waals surface area (Å²) in [4.78, 5) is 26.3. The molecule has 0 aliphatic carbocycles. The maximum atomic E-state index is 12.6. The molecule has 4 rings (SSSR count). The van der Waals surface area contributed by atoms with Crippen molar-refractivity contribution in [2.45, 2.75) is 19.5 Å². The second-order valence-electron chi connectivity index (χ2n) is 6.40. The van der Waals surface area contributed by atoms with E-state index in [-0.39, 0.29) is 25.2 Å². The molecule has 3 heterocycles. The van der Waals surface area contributed by atoms with Gasteiger partial charge in [-0.25, -0.2) is 0 Å². The van der Waals surface area contributed by atoms with Gasteiger partial charge in [-0.3, -0.25) is 14.7 Å². The van der Waals surface area contributed by atoms with Crippen LogP contribution in [0.2, 0.25) is 0 Å². The van der Waals surface area contributed by atoms with Crippen molar-refractivity contribution >= 4 is 11.8 Å². The highest BCUT2D eigenvalue weighted by molar-refractivity contribution is 5.94. The normalized spacial score (nSPS) is 14.8. The zero-order valence-corrected chi connectivity index (χ0v) is 14.9. The molecule has 9 nitrogen and oxygen atoms in total. The number of aromatic nitrogens is 2. The van der Waals surface area contributed by atoms with Gasteiger partial charge in [0.15, 0.2) is 17.2 Å². The van der Waals surface area contributed by atoms with E-state index in [1.807, 2.05) is 18.2 Å². The predicted octanol–water partition coefficient (Wildman–Crippen LogP) is 0.599. The topological polar surface area (TPSA) is 106 Å². The molecular weight excluding hydrogens is 352 g/mol. The van der Waals surface area contributed by atoms with Crippen LogP contribution in [0.4, 0.5) is 0 Å². The molecule has 9 heteroatoms. The van der Waals surface area contributed by atoms with Gasteiger partial charge in [0.2, 0.25) is 12.7 Å². The van der Waals surface area contributed by atoms with Gasteiger partial charge in [0.1, 0.15) is 6.61 Å². The summed E-state index contributed by atoms with van der Waals surface area (Å²) in [6, 6.07) is 5.53. The molecule has 0 radical (unpaired) electrons. The van der Waals surface area contributed by atoms with Gasteiger partial charge in [-0.2, -0.15) is 5.10 Å². The second-order valence-corrected chi connectivity index (χ2v) is 6.40. The molecule has 0 spiro atoms. The minimum absolute atomic E-state index is 0.0266. The molecule has 142 valence electrons. The predicted molar refractivity (Wildman–Crippen MR) is 93.3 cm³/mol. The zero-order valence-electron chi connectivity index (χ0n) is 14.9. The van der Waals surface area contributed by atoms with E-state index in [9.17, 15) is 9.59 Å². The fourth-order valence-corrected chi connectivity index (χ4v) is 3.23. The Labute approximate surface area is 155 Å². The van der Waals surface area contributed by atoms with Crippen LogP contribution in [-0.2, 0) is 29.0 Å². The molecule has 2 N–H and O–H groups in total. The number of fused-ring (bicyclic) bond motifs is 2.